The summed E-state index contributed by atoms with van der Waals surface area (Å²) in [5.41, 5.74) is 0. The highest BCUT2D eigenvalue weighted by atomic mass is 32.2. The molecule has 0 radical (unpaired) electrons. The van der Waals surface area contributed by atoms with Crippen LogP contribution in [0.4, 0.5) is 0 Å². The first kappa shape index (κ1) is 20.4. The maximum Gasteiger partial charge on any atom is 0.263 e. The predicted octanol–water partition coefficient (Wildman–Crippen LogP) is 4.20. The fourth-order valence-corrected chi connectivity index (χ4v) is 5.46. The van der Waals surface area contributed by atoms with Crippen molar-refractivity contribution in [1.29, 1.82) is 0 Å². The van der Waals surface area contributed by atoms with E-state index >= 15 is 0 Å². The van der Waals surface area contributed by atoms with Crippen LogP contribution in [-0.4, -0.2) is 31.6 Å². The second-order valence-electron chi connectivity index (χ2n) is 6.86. The number of thiazole rings is 1. The Balaban J connectivity index is 1.67. The van der Waals surface area contributed by atoms with Gasteiger partial charge in [-0.25, -0.2) is 13.4 Å². The highest BCUT2D eigenvalue weighted by Crippen LogP contribution is 2.26. The van der Waals surface area contributed by atoms with Gasteiger partial charge in [0.1, 0.15) is 4.88 Å². The van der Waals surface area contributed by atoms with Gasteiger partial charge in [0.2, 0.25) is 14.2 Å². The minimum atomic E-state index is -3.33. The Morgan fingerprint density at radius 3 is 2.56 bits per heavy atom. The highest BCUT2D eigenvalue weighted by molar-refractivity contribution is 7.93. The molecule has 1 aromatic rings. The van der Waals surface area contributed by atoms with E-state index in [1.807, 2.05) is 0 Å². The molecule has 1 amide bonds. The van der Waals surface area contributed by atoms with Crippen LogP contribution < -0.4 is 5.32 Å². The van der Waals surface area contributed by atoms with Crippen LogP contribution in [0, 0.1) is 5.92 Å². The van der Waals surface area contributed by atoms with Crippen molar-refractivity contribution in [3.8, 4) is 0 Å². The predicted molar refractivity (Wildman–Crippen MR) is 102 cm³/mol. The number of nitrogens with one attached hydrogen (secondary N) is 1. The lowest BCUT2D eigenvalue weighted by molar-refractivity contribution is 0.0956. The van der Waals surface area contributed by atoms with Crippen molar-refractivity contribution in [2.24, 2.45) is 5.92 Å². The minimum Gasteiger partial charge on any atom is -0.351 e. The number of hydrogen-bond donors (Lipinski definition) is 1. The SMILES string of the molecule is CCS(=O)(=O)c1ncc(C(=O)NCCCCC2CCCCCCC2)s1. The van der Waals surface area contributed by atoms with Crippen LogP contribution in [-0.2, 0) is 9.84 Å². The number of unbranched alkanes of at least 4 members (excludes halogenated alkanes) is 1. The van der Waals surface area contributed by atoms with Crippen LogP contribution in [0.5, 0.6) is 0 Å². The molecule has 25 heavy (non-hydrogen) atoms. The Morgan fingerprint density at radius 2 is 1.88 bits per heavy atom. The largest absolute Gasteiger partial charge is 0.351 e. The van der Waals surface area contributed by atoms with Gasteiger partial charge >= 0.3 is 0 Å². The molecule has 0 aromatic carbocycles. The van der Waals surface area contributed by atoms with Crippen molar-refractivity contribution in [2.45, 2.75) is 75.5 Å². The van der Waals surface area contributed by atoms with Gasteiger partial charge in [-0.2, -0.15) is 0 Å². The lowest BCUT2D eigenvalue weighted by atomic mass is 9.88. The van der Waals surface area contributed by atoms with Gasteiger partial charge in [0.15, 0.2) is 0 Å². The number of nitrogens with zero attached hydrogens (tertiary/aromatic N) is 1. The molecule has 2 rings (SSSR count). The number of amides is 1. The number of sulfone groups is 1. The van der Waals surface area contributed by atoms with Crippen molar-refractivity contribution >= 4 is 27.1 Å². The quantitative estimate of drug-likeness (QED) is 0.679. The first-order chi connectivity index (χ1) is 12.0. The van der Waals surface area contributed by atoms with Gasteiger partial charge < -0.3 is 5.32 Å². The molecule has 142 valence electrons. The van der Waals surface area contributed by atoms with Crippen LogP contribution >= 0.6 is 11.3 Å². The number of aromatic nitrogens is 1. The Morgan fingerprint density at radius 1 is 1.20 bits per heavy atom. The molecular weight excluding hydrogens is 356 g/mol. The number of hydrogen-bond acceptors (Lipinski definition) is 5. The lowest BCUT2D eigenvalue weighted by Gasteiger charge is -2.19. The van der Waals surface area contributed by atoms with Crippen LogP contribution in [0.15, 0.2) is 10.5 Å². The Hall–Kier alpha value is -0.950. The second kappa shape index (κ2) is 10.3. The van der Waals surface area contributed by atoms with Crippen molar-refractivity contribution in [2.75, 3.05) is 12.3 Å². The third kappa shape index (κ3) is 6.70. The van der Waals surface area contributed by atoms with Crippen LogP contribution in [0.1, 0.15) is 80.8 Å². The maximum atomic E-state index is 12.1. The van der Waals surface area contributed by atoms with Gasteiger partial charge in [-0.3, -0.25) is 4.79 Å². The molecule has 0 bridgehead atoms. The maximum absolute atomic E-state index is 12.1. The van der Waals surface area contributed by atoms with Crippen LogP contribution in [0.3, 0.4) is 0 Å². The molecule has 0 spiro atoms. The molecule has 1 aromatic heterocycles. The number of rotatable bonds is 8. The molecule has 0 unspecified atom stereocenters. The van der Waals surface area contributed by atoms with E-state index < -0.39 is 9.84 Å². The van der Waals surface area contributed by atoms with E-state index in [0.717, 1.165) is 30.1 Å². The third-order valence-electron chi connectivity index (χ3n) is 4.90. The van der Waals surface area contributed by atoms with Crippen molar-refractivity contribution < 1.29 is 13.2 Å². The standard InChI is InChI=1S/C18H30N2O3S2/c1-2-25(22,23)18-20-14-16(24-18)17(21)19-13-9-8-12-15-10-6-4-3-5-7-11-15/h14-15H,2-13H2,1H3,(H,19,21). The van der Waals surface area contributed by atoms with E-state index in [9.17, 15) is 13.2 Å². The second-order valence-corrected chi connectivity index (χ2v) is 10.3. The van der Waals surface area contributed by atoms with E-state index in [1.54, 1.807) is 6.92 Å². The van der Waals surface area contributed by atoms with Gasteiger partial charge in [0.05, 0.1) is 11.9 Å². The van der Waals surface area contributed by atoms with Gasteiger partial charge in [-0.15, -0.1) is 0 Å². The van der Waals surface area contributed by atoms with Crippen molar-refractivity contribution in [3.05, 3.63) is 11.1 Å². The summed E-state index contributed by atoms with van der Waals surface area (Å²) in [5, 5.41) is 2.88. The highest BCUT2D eigenvalue weighted by Gasteiger charge is 2.19. The molecule has 1 N–H and O–H groups in total. The molecule has 1 aliphatic carbocycles. The molecule has 7 heteroatoms. The first-order valence-corrected chi connectivity index (χ1v) is 12.0. The molecule has 5 nitrogen and oxygen atoms in total. The third-order valence-corrected chi connectivity index (χ3v) is 8.10. The molecule has 1 saturated carbocycles. The van der Waals surface area contributed by atoms with E-state index in [1.165, 1.54) is 57.6 Å². The molecular formula is C18H30N2O3S2. The molecule has 0 atom stereocenters. The molecule has 0 aliphatic heterocycles. The van der Waals surface area contributed by atoms with Crippen LogP contribution in [0.25, 0.3) is 0 Å². The minimum absolute atomic E-state index is 0.00272. The van der Waals surface area contributed by atoms with E-state index in [4.69, 9.17) is 0 Å². The van der Waals surface area contributed by atoms with Crippen molar-refractivity contribution in [1.82, 2.24) is 10.3 Å². The van der Waals surface area contributed by atoms with Crippen LogP contribution in [0.2, 0.25) is 0 Å². The van der Waals surface area contributed by atoms with Gasteiger partial charge in [-0.1, -0.05) is 76.0 Å². The number of carbonyl (C=O) groups excluding carboxylic acids is 1. The summed E-state index contributed by atoms with van der Waals surface area (Å²) < 4.78 is 23.5. The summed E-state index contributed by atoms with van der Waals surface area (Å²) in [5.74, 6) is 0.642. The van der Waals surface area contributed by atoms with Gasteiger partial charge in [0.25, 0.3) is 5.91 Å². The Kier molecular flexibility index (Phi) is 8.36. The summed E-state index contributed by atoms with van der Waals surface area (Å²) >= 11 is 0.952. The fourth-order valence-electron chi connectivity index (χ4n) is 3.31. The monoisotopic (exact) mass is 386 g/mol. The van der Waals surface area contributed by atoms with Gasteiger partial charge in [0, 0.05) is 6.54 Å². The fraction of sp³-hybridized carbons (Fsp3) is 0.778. The van der Waals surface area contributed by atoms with E-state index in [-0.39, 0.29) is 16.0 Å². The zero-order valence-corrected chi connectivity index (χ0v) is 16.8. The zero-order chi connectivity index (χ0) is 18.1. The Labute approximate surface area is 155 Å². The molecule has 1 fully saturated rings. The summed E-state index contributed by atoms with van der Waals surface area (Å²) in [7, 11) is -3.33. The van der Waals surface area contributed by atoms with E-state index in [2.05, 4.69) is 10.3 Å². The van der Waals surface area contributed by atoms with Crippen molar-refractivity contribution in [3.63, 3.8) is 0 Å². The topological polar surface area (TPSA) is 76.1 Å². The molecule has 1 heterocycles. The Bertz CT molecular complexity index is 633. The average Bonchev–Trinajstić information content (AvgIpc) is 3.07. The normalized spacial score (nSPS) is 17.0. The zero-order valence-electron chi connectivity index (χ0n) is 15.1. The van der Waals surface area contributed by atoms with Gasteiger partial charge in [-0.05, 0) is 12.3 Å². The molecule has 1 aliphatic rings. The molecule has 0 saturated heterocycles. The van der Waals surface area contributed by atoms with E-state index in [0.29, 0.717) is 11.4 Å². The lowest BCUT2D eigenvalue weighted by Crippen LogP contribution is -2.23. The number of carbonyl (C=O) groups is 1. The summed E-state index contributed by atoms with van der Waals surface area (Å²) in [6, 6.07) is 0. The first-order valence-electron chi connectivity index (χ1n) is 9.49. The average molecular weight is 387 g/mol. The summed E-state index contributed by atoms with van der Waals surface area (Å²) in [6.07, 6.45) is 14.4. The summed E-state index contributed by atoms with van der Waals surface area (Å²) in [4.78, 5) is 16.3. The summed E-state index contributed by atoms with van der Waals surface area (Å²) in [6.45, 7) is 2.21. The smallest absolute Gasteiger partial charge is 0.263 e.